The monoisotopic (exact) mass is 1300 g/mol. The van der Waals surface area contributed by atoms with Crippen molar-refractivity contribution < 1.29 is 33.4 Å². The number of ether oxygens (including phenoxy) is 2. The van der Waals surface area contributed by atoms with Gasteiger partial charge in [-0.25, -0.2) is 9.59 Å². The fourth-order valence-electron chi connectivity index (χ4n) is 11.3. The van der Waals surface area contributed by atoms with Gasteiger partial charge < -0.3 is 55.2 Å². The van der Waals surface area contributed by atoms with Gasteiger partial charge >= 0.3 is 18.0 Å². The Labute approximate surface area is 548 Å². The Bertz CT molecular complexity index is 3290. The lowest BCUT2D eigenvalue weighted by Crippen LogP contribution is -2.50. The number of methoxy groups -OCH3 is 1. The van der Waals surface area contributed by atoms with Crippen LogP contribution in [0.3, 0.4) is 0 Å². The maximum atomic E-state index is 13.1. The molecule has 90 heavy (non-hydrogen) atoms. The minimum Gasteiger partial charge on any atom is -0.497 e. The predicted octanol–water partition coefficient (Wildman–Crippen LogP) is 12.9. The van der Waals surface area contributed by atoms with Crippen LogP contribution in [0.15, 0.2) is 127 Å². The molecule has 0 aliphatic carbocycles. The normalized spacial score (nSPS) is 15.7. The lowest BCUT2D eigenvalue weighted by atomic mass is 10.1. The molecule has 22 heteroatoms. The molecule has 478 valence electrons. The van der Waals surface area contributed by atoms with Crippen molar-refractivity contribution in [3.05, 3.63) is 170 Å². The number of esters is 1. The molecule has 6 amide bonds. The quantitative estimate of drug-likeness (QED) is 0.0533. The number of nitrogens with zero attached hydrogens (tertiary/aromatic N) is 7. The van der Waals surface area contributed by atoms with Gasteiger partial charge in [-0.05, 0) is 146 Å². The van der Waals surface area contributed by atoms with E-state index in [0.29, 0.717) is 95.9 Å². The van der Waals surface area contributed by atoms with Crippen molar-refractivity contribution in [1.29, 1.82) is 0 Å². The zero-order valence-corrected chi connectivity index (χ0v) is 54.3. The molecule has 4 saturated heterocycles. The molecular weight excluding hydrogens is 1220 g/mol. The van der Waals surface area contributed by atoms with E-state index >= 15 is 0 Å². The number of nitrogens with one attached hydrogen (secondary N) is 4. The van der Waals surface area contributed by atoms with E-state index in [1.54, 1.807) is 16.9 Å². The molecule has 6 aromatic carbocycles. The van der Waals surface area contributed by atoms with Crippen LogP contribution in [0.25, 0.3) is 0 Å². The smallest absolute Gasteiger partial charge is 0.322 e. The lowest BCUT2D eigenvalue weighted by Gasteiger charge is -2.36. The SMILES string of the molecule is CCN1CCN(Cc2cc(Cl)c(NC(=O)N3CCN(c4ccc(NC(=O)Cc5ccc(OC)cc5)cc4)CC3)c(Cl)c2)CC1.O=C(CCCC(=O)OCc1ccccc1)Nc1ccc(N2CCN(C(=O)Nc3c(Cl)cc(CN4CCCCC4)cc3Cl)CC2)cc1. The maximum absolute atomic E-state index is 13.1. The molecule has 4 aliphatic heterocycles. The summed E-state index contributed by atoms with van der Waals surface area (Å²) in [7, 11) is 1.62. The first-order valence-electron chi connectivity index (χ1n) is 31.0. The summed E-state index contributed by atoms with van der Waals surface area (Å²) in [6.07, 6.45) is 4.82. The van der Waals surface area contributed by atoms with Crippen molar-refractivity contribution in [3.8, 4) is 5.75 Å². The zero-order chi connectivity index (χ0) is 63.4. The summed E-state index contributed by atoms with van der Waals surface area (Å²) in [6, 6.07) is 39.5. The van der Waals surface area contributed by atoms with Crippen molar-refractivity contribution >= 4 is 110 Å². The summed E-state index contributed by atoms with van der Waals surface area (Å²) in [5.74, 6) is 0.212. The average Bonchev–Trinajstić information content (AvgIpc) is 1.98. The molecule has 0 radical (unpaired) electrons. The van der Waals surface area contributed by atoms with Crippen molar-refractivity contribution in [2.75, 3.05) is 136 Å². The Kier molecular flexibility index (Phi) is 25.1. The van der Waals surface area contributed by atoms with E-state index in [1.165, 1.54) is 19.3 Å². The van der Waals surface area contributed by atoms with Crippen molar-refractivity contribution in [3.63, 3.8) is 0 Å². The standard InChI is InChI=1S/C35H41Cl2N5O4.C33H40Cl2N6O3/c36-30-22-27(24-40-16-5-2-6-17-40)23-31(37)34(30)39-35(45)42-20-18-41(19-21-42)29-14-12-28(13-15-29)38-32(43)10-7-11-33(44)46-25-26-8-3-1-4-9-26;1-3-38-12-14-39(15-13-38)23-25-20-29(34)32(30(35)21-25)37-33(43)41-18-16-40(17-19-41)27-8-6-26(7-9-27)36-31(42)22-24-4-10-28(44-2)11-5-24/h1,3-4,8-9,12-15,22-23H,2,5-7,10-11,16-21,24-25H2,(H,38,43)(H,39,45);4-11,20-21H,3,12-19,22-23H2,1-2H3,(H,36,42)(H,37,43). The van der Waals surface area contributed by atoms with E-state index in [1.807, 2.05) is 127 Å². The third-order valence-corrected chi connectivity index (χ3v) is 17.8. The first-order chi connectivity index (χ1) is 43.6. The second kappa shape index (κ2) is 33.7. The molecule has 4 heterocycles. The number of carbonyl (C=O) groups excluding carboxylic acids is 5. The predicted molar refractivity (Wildman–Crippen MR) is 362 cm³/mol. The topological polar surface area (TPSA) is 175 Å². The van der Waals surface area contributed by atoms with Crippen LogP contribution in [0.1, 0.15) is 67.7 Å². The second-order valence-electron chi connectivity index (χ2n) is 22.9. The number of likely N-dealkylation sites (tertiary alicyclic amines) is 1. The number of hydrogen-bond donors (Lipinski definition) is 4. The highest BCUT2D eigenvalue weighted by Gasteiger charge is 2.26. The van der Waals surface area contributed by atoms with Gasteiger partial charge in [0.1, 0.15) is 12.4 Å². The molecule has 4 fully saturated rings. The Hall–Kier alpha value is -7.29. The van der Waals surface area contributed by atoms with E-state index in [2.05, 4.69) is 52.7 Å². The van der Waals surface area contributed by atoms with Crippen LogP contribution in [-0.2, 0) is 45.2 Å². The Morgan fingerprint density at radius 3 is 1.38 bits per heavy atom. The summed E-state index contributed by atoms with van der Waals surface area (Å²) < 4.78 is 10.4. The van der Waals surface area contributed by atoms with Crippen LogP contribution in [-0.4, -0.2) is 160 Å². The van der Waals surface area contributed by atoms with Gasteiger partial charge in [-0.3, -0.25) is 24.2 Å². The fourth-order valence-corrected chi connectivity index (χ4v) is 12.6. The van der Waals surface area contributed by atoms with Crippen LogP contribution in [0, 0.1) is 0 Å². The van der Waals surface area contributed by atoms with Gasteiger partial charge in [-0.2, -0.15) is 0 Å². The Balaban J connectivity index is 0.000000214. The van der Waals surface area contributed by atoms with Crippen LogP contribution >= 0.6 is 46.4 Å². The van der Waals surface area contributed by atoms with Gasteiger partial charge in [-0.15, -0.1) is 0 Å². The maximum Gasteiger partial charge on any atom is 0.322 e. The minimum atomic E-state index is -0.316. The first kappa shape index (κ1) is 67.1. The molecule has 0 aromatic heterocycles. The van der Waals surface area contributed by atoms with Gasteiger partial charge in [0.05, 0.1) is 45.0 Å². The largest absolute Gasteiger partial charge is 0.497 e. The summed E-state index contributed by atoms with van der Waals surface area (Å²) in [5.41, 5.74) is 8.30. The number of benzene rings is 6. The molecule has 6 aromatic rings. The number of amides is 6. The highest BCUT2D eigenvalue weighted by atomic mass is 35.5. The van der Waals surface area contributed by atoms with Crippen LogP contribution in [0.5, 0.6) is 5.75 Å². The van der Waals surface area contributed by atoms with Crippen molar-refractivity contribution in [2.24, 2.45) is 0 Å². The number of likely N-dealkylation sites (N-methyl/N-ethyl adjacent to an activating group) is 1. The number of hydrogen-bond acceptors (Lipinski definition) is 12. The summed E-state index contributed by atoms with van der Waals surface area (Å²) >= 11 is 26.3. The van der Waals surface area contributed by atoms with E-state index in [0.717, 1.165) is 104 Å². The minimum absolute atomic E-state index is 0.0807. The molecule has 4 N–H and O–H groups in total. The highest BCUT2D eigenvalue weighted by molar-refractivity contribution is 6.40. The van der Waals surface area contributed by atoms with Gasteiger partial charge in [0, 0.05) is 127 Å². The third-order valence-electron chi connectivity index (χ3n) is 16.6. The molecule has 0 unspecified atom stereocenters. The third kappa shape index (κ3) is 20.1. The van der Waals surface area contributed by atoms with Crippen molar-refractivity contribution in [2.45, 2.75) is 71.6 Å². The number of piperidine rings is 1. The van der Waals surface area contributed by atoms with Gasteiger partial charge in [-0.1, -0.05) is 102 Å². The number of urea groups is 2. The molecule has 0 saturated carbocycles. The van der Waals surface area contributed by atoms with E-state index in [9.17, 15) is 24.0 Å². The van der Waals surface area contributed by atoms with Gasteiger partial charge in [0.2, 0.25) is 11.8 Å². The second-order valence-corrected chi connectivity index (χ2v) is 24.6. The van der Waals surface area contributed by atoms with Crippen LogP contribution in [0.4, 0.5) is 43.7 Å². The number of carbonyl (C=O) groups is 5. The first-order valence-corrected chi connectivity index (χ1v) is 32.5. The summed E-state index contributed by atoms with van der Waals surface area (Å²) in [6.45, 7) is 16.3. The van der Waals surface area contributed by atoms with Crippen LogP contribution < -0.4 is 35.8 Å². The van der Waals surface area contributed by atoms with Gasteiger partial charge in [0.25, 0.3) is 0 Å². The highest BCUT2D eigenvalue weighted by Crippen LogP contribution is 2.35. The molecule has 0 atom stereocenters. The Morgan fingerprint density at radius 1 is 0.456 bits per heavy atom. The summed E-state index contributed by atoms with van der Waals surface area (Å²) in [5, 5.41) is 13.5. The zero-order valence-electron chi connectivity index (χ0n) is 51.3. The number of halogens is 4. The van der Waals surface area contributed by atoms with E-state index < -0.39 is 0 Å². The molecule has 0 spiro atoms. The Morgan fingerprint density at radius 2 is 0.911 bits per heavy atom. The number of anilines is 6. The lowest BCUT2D eigenvalue weighted by molar-refractivity contribution is -0.145. The molecule has 18 nitrogen and oxygen atoms in total. The molecular formula is C68H81Cl4N11O7. The molecule has 4 aliphatic rings. The fraction of sp³-hybridized carbons (Fsp3) is 0.397. The summed E-state index contributed by atoms with van der Waals surface area (Å²) in [4.78, 5) is 78.3. The van der Waals surface area contributed by atoms with E-state index in [-0.39, 0.29) is 55.7 Å². The van der Waals surface area contributed by atoms with Crippen molar-refractivity contribution in [1.82, 2.24) is 24.5 Å². The van der Waals surface area contributed by atoms with Crippen LogP contribution in [0.2, 0.25) is 20.1 Å². The van der Waals surface area contributed by atoms with E-state index in [4.69, 9.17) is 55.9 Å². The molecule has 0 bridgehead atoms. The number of rotatable bonds is 20. The number of piperazine rings is 3. The van der Waals surface area contributed by atoms with Gasteiger partial charge in [0.15, 0.2) is 0 Å². The average molecular weight is 1310 g/mol. The molecule has 10 rings (SSSR count).